The first kappa shape index (κ1) is 16.2. The molecule has 0 aliphatic carbocycles. The monoisotopic (exact) mass is 353 g/mol. The van der Waals surface area contributed by atoms with E-state index in [0.29, 0.717) is 0 Å². The molecule has 1 aromatic carbocycles. The second-order valence-corrected chi connectivity index (χ2v) is 5.94. The molecule has 0 spiro atoms. The zero-order chi connectivity index (χ0) is 15.2. The molecule has 1 heterocycles. The highest BCUT2D eigenvalue weighted by Crippen LogP contribution is 2.29. The van der Waals surface area contributed by atoms with E-state index in [2.05, 4.69) is 46.4 Å². The van der Waals surface area contributed by atoms with Crippen LogP contribution in [0.25, 0.3) is 0 Å². The third kappa shape index (κ3) is 4.14. The summed E-state index contributed by atoms with van der Waals surface area (Å²) in [5, 5.41) is 7.91. The number of benzene rings is 1. The Kier molecular flexibility index (Phi) is 5.94. The van der Waals surface area contributed by atoms with Crippen molar-refractivity contribution in [2.24, 2.45) is 0 Å². The summed E-state index contributed by atoms with van der Waals surface area (Å²) < 4.78 is 16.0. The number of aryl methyl sites for hydroxylation is 1. The van der Waals surface area contributed by atoms with Crippen molar-refractivity contribution in [2.45, 2.75) is 39.3 Å². The van der Waals surface area contributed by atoms with Gasteiger partial charge in [0.05, 0.1) is 12.2 Å². The molecule has 0 aliphatic rings. The average Bonchev–Trinajstić information content (AvgIpc) is 2.90. The highest BCUT2D eigenvalue weighted by molar-refractivity contribution is 9.10. The Hall–Kier alpha value is -1.20. The first-order valence-electron chi connectivity index (χ1n) is 7.36. The van der Waals surface area contributed by atoms with Gasteiger partial charge in [-0.05, 0) is 37.1 Å². The predicted molar refractivity (Wildman–Crippen MR) is 86.8 cm³/mol. The molecule has 0 radical (unpaired) electrons. The molecule has 0 fully saturated rings. The first-order chi connectivity index (χ1) is 10.2. The lowest BCUT2D eigenvalue weighted by atomic mass is 10.0. The smallest absolute Gasteiger partial charge is 0.124 e. The molecule has 0 amide bonds. The second-order valence-electron chi connectivity index (χ2n) is 5.09. The van der Waals surface area contributed by atoms with Gasteiger partial charge < -0.3 is 5.32 Å². The molecule has 1 unspecified atom stereocenters. The number of hydrogen-bond donors (Lipinski definition) is 1. The van der Waals surface area contributed by atoms with E-state index in [0.717, 1.165) is 41.5 Å². The van der Waals surface area contributed by atoms with Crippen molar-refractivity contribution >= 4 is 15.9 Å². The lowest BCUT2D eigenvalue weighted by Gasteiger charge is -2.19. The van der Waals surface area contributed by atoms with E-state index in [9.17, 15) is 4.39 Å². The summed E-state index contributed by atoms with van der Waals surface area (Å²) in [6.45, 7) is 6.06. The number of aromatic nitrogens is 2. The van der Waals surface area contributed by atoms with E-state index in [1.807, 2.05) is 16.9 Å². The normalized spacial score (nSPS) is 12.6. The van der Waals surface area contributed by atoms with Crippen LogP contribution in [0.1, 0.15) is 43.9 Å². The van der Waals surface area contributed by atoms with Gasteiger partial charge in [0.15, 0.2) is 0 Å². The minimum absolute atomic E-state index is 0.0190. The maximum atomic E-state index is 13.3. The molecule has 3 nitrogen and oxygen atoms in total. The zero-order valence-corrected chi connectivity index (χ0v) is 14.0. The van der Waals surface area contributed by atoms with Crippen molar-refractivity contribution in [3.05, 3.63) is 52.0 Å². The molecule has 5 heteroatoms. The van der Waals surface area contributed by atoms with Gasteiger partial charge in [-0.1, -0.05) is 35.8 Å². The van der Waals surface area contributed by atoms with Gasteiger partial charge in [-0.2, -0.15) is 5.10 Å². The lowest BCUT2D eigenvalue weighted by Crippen LogP contribution is -2.23. The van der Waals surface area contributed by atoms with Crippen LogP contribution in [0.15, 0.2) is 35.1 Å². The van der Waals surface area contributed by atoms with Gasteiger partial charge in [-0.25, -0.2) is 4.39 Å². The minimum Gasteiger partial charge on any atom is -0.306 e. The third-order valence-electron chi connectivity index (χ3n) is 3.31. The second kappa shape index (κ2) is 7.71. The molecule has 0 saturated carbocycles. The molecule has 1 aromatic heterocycles. The van der Waals surface area contributed by atoms with Crippen molar-refractivity contribution in [1.82, 2.24) is 15.1 Å². The van der Waals surface area contributed by atoms with Crippen LogP contribution in [-0.4, -0.2) is 16.3 Å². The Morgan fingerprint density at radius 3 is 2.81 bits per heavy atom. The topological polar surface area (TPSA) is 29.9 Å². The highest BCUT2D eigenvalue weighted by Gasteiger charge is 2.18. The molecule has 2 aromatic rings. The molecular weight excluding hydrogens is 333 g/mol. The highest BCUT2D eigenvalue weighted by atomic mass is 79.9. The Morgan fingerprint density at radius 1 is 1.33 bits per heavy atom. The van der Waals surface area contributed by atoms with Gasteiger partial charge in [-0.15, -0.1) is 0 Å². The van der Waals surface area contributed by atoms with E-state index < -0.39 is 0 Å². The molecule has 2 rings (SSSR count). The van der Waals surface area contributed by atoms with Crippen molar-refractivity contribution in [2.75, 3.05) is 6.54 Å². The van der Waals surface area contributed by atoms with Gasteiger partial charge in [0.2, 0.25) is 0 Å². The molecule has 21 heavy (non-hydrogen) atoms. The summed E-state index contributed by atoms with van der Waals surface area (Å²) in [5.41, 5.74) is 2.13. The maximum Gasteiger partial charge on any atom is 0.124 e. The quantitative estimate of drug-likeness (QED) is 0.804. The average molecular weight is 354 g/mol. The fourth-order valence-corrected chi connectivity index (χ4v) is 2.89. The number of hydrogen-bond acceptors (Lipinski definition) is 2. The van der Waals surface area contributed by atoms with Gasteiger partial charge >= 0.3 is 0 Å². The third-order valence-corrected chi connectivity index (χ3v) is 4.00. The largest absolute Gasteiger partial charge is 0.306 e. The van der Waals surface area contributed by atoms with Crippen LogP contribution in [0.4, 0.5) is 4.39 Å². The first-order valence-corrected chi connectivity index (χ1v) is 8.15. The molecule has 114 valence electrons. The number of nitrogens with zero attached hydrogens (tertiary/aromatic N) is 2. The molecule has 1 atom stereocenters. The Morgan fingerprint density at radius 2 is 2.14 bits per heavy atom. The fraction of sp³-hybridized carbons (Fsp3) is 0.438. The van der Waals surface area contributed by atoms with Gasteiger partial charge in [0.25, 0.3) is 0 Å². The van der Waals surface area contributed by atoms with E-state index in [1.54, 1.807) is 0 Å². The van der Waals surface area contributed by atoms with Crippen LogP contribution >= 0.6 is 15.9 Å². The summed E-state index contributed by atoms with van der Waals surface area (Å²) in [5.74, 6) is -0.235. The summed E-state index contributed by atoms with van der Waals surface area (Å²) in [4.78, 5) is 0. The van der Waals surface area contributed by atoms with Crippen LogP contribution in [-0.2, 0) is 6.54 Å². The summed E-state index contributed by atoms with van der Waals surface area (Å²) in [6.07, 6.45) is 6.04. The van der Waals surface area contributed by atoms with E-state index in [-0.39, 0.29) is 11.9 Å². The summed E-state index contributed by atoms with van der Waals surface area (Å²) >= 11 is 3.47. The van der Waals surface area contributed by atoms with Gasteiger partial charge in [0.1, 0.15) is 5.82 Å². The number of halogens is 2. The number of rotatable bonds is 7. The SMILES string of the molecule is CCCNC(c1cnn(CCC)c1)c1ccc(F)cc1Br. The van der Waals surface area contributed by atoms with E-state index in [4.69, 9.17) is 0 Å². The number of nitrogens with one attached hydrogen (secondary N) is 1. The minimum atomic E-state index is -0.235. The van der Waals surface area contributed by atoms with Crippen LogP contribution in [0.5, 0.6) is 0 Å². The predicted octanol–water partition coefficient (Wildman–Crippen LogP) is 4.28. The van der Waals surface area contributed by atoms with Crippen LogP contribution < -0.4 is 5.32 Å². The molecule has 0 bridgehead atoms. The molecule has 1 N–H and O–H groups in total. The zero-order valence-electron chi connectivity index (χ0n) is 12.4. The van der Waals surface area contributed by atoms with Crippen LogP contribution in [0, 0.1) is 5.82 Å². The molecule has 0 saturated heterocycles. The van der Waals surface area contributed by atoms with E-state index >= 15 is 0 Å². The van der Waals surface area contributed by atoms with Crippen molar-refractivity contribution in [1.29, 1.82) is 0 Å². The van der Waals surface area contributed by atoms with Crippen LogP contribution in [0.2, 0.25) is 0 Å². The molecule has 0 aliphatic heterocycles. The standard InChI is InChI=1S/C16H21BrFN3/c1-3-7-19-16(12-10-20-21(11-12)8-4-2)14-6-5-13(18)9-15(14)17/h5-6,9-11,16,19H,3-4,7-8H2,1-2H3. The fourth-order valence-electron chi connectivity index (χ4n) is 2.31. The van der Waals surface area contributed by atoms with Crippen molar-refractivity contribution in [3.63, 3.8) is 0 Å². The van der Waals surface area contributed by atoms with E-state index in [1.165, 1.54) is 12.1 Å². The maximum absolute atomic E-state index is 13.3. The van der Waals surface area contributed by atoms with Crippen molar-refractivity contribution in [3.8, 4) is 0 Å². The Bertz CT molecular complexity index is 583. The summed E-state index contributed by atoms with van der Waals surface area (Å²) in [6, 6.07) is 4.85. The van der Waals surface area contributed by atoms with Crippen LogP contribution in [0.3, 0.4) is 0 Å². The lowest BCUT2D eigenvalue weighted by molar-refractivity contribution is 0.583. The van der Waals surface area contributed by atoms with Gasteiger partial charge in [0, 0.05) is 22.8 Å². The van der Waals surface area contributed by atoms with Crippen molar-refractivity contribution < 1.29 is 4.39 Å². The van der Waals surface area contributed by atoms with Gasteiger partial charge in [-0.3, -0.25) is 4.68 Å². The summed E-state index contributed by atoms with van der Waals surface area (Å²) in [7, 11) is 0. The Labute approximate surface area is 133 Å². The Balaban J connectivity index is 2.32. The molecular formula is C16H21BrFN3.